The molecular formula is C17H17NO6. The van der Waals surface area contributed by atoms with E-state index in [1.807, 2.05) is 19.1 Å². The van der Waals surface area contributed by atoms with Crippen molar-refractivity contribution in [3.63, 3.8) is 0 Å². The van der Waals surface area contributed by atoms with Crippen LogP contribution >= 0.6 is 0 Å². The highest BCUT2D eigenvalue weighted by Crippen LogP contribution is 2.40. The topological polar surface area (TPSA) is 94.1 Å². The van der Waals surface area contributed by atoms with Gasteiger partial charge in [0.2, 0.25) is 12.7 Å². The average molecular weight is 331 g/mol. The lowest BCUT2D eigenvalue weighted by molar-refractivity contribution is -0.146. The number of carbonyl (C=O) groups excluding carboxylic acids is 1. The quantitative estimate of drug-likeness (QED) is 0.807. The second-order valence-electron chi connectivity index (χ2n) is 6.18. The summed E-state index contributed by atoms with van der Waals surface area (Å²) < 4.78 is 16.1. The lowest BCUT2D eigenvalue weighted by atomic mass is 9.82. The van der Waals surface area contributed by atoms with Gasteiger partial charge in [-0.05, 0) is 24.6 Å². The third-order valence-corrected chi connectivity index (χ3v) is 4.74. The molecule has 2 N–H and O–H groups in total. The first-order chi connectivity index (χ1) is 11.5. The fraction of sp³-hybridized carbons (Fsp3) is 0.412. The predicted octanol–water partition coefficient (Wildman–Crippen LogP) is 1.25. The Balaban J connectivity index is 1.49. The third kappa shape index (κ3) is 2.32. The number of amides is 1. The molecule has 0 aliphatic carbocycles. The molecule has 7 nitrogen and oxygen atoms in total. The van der Waals surface area contributed by atoms with Gasteiger partial charge in [-0.2, -0.15) is 0 Å². The van der Waals surface area contributed by atoms with Crippen molar-refractivity contribution in [3.05, 3.63) is 35.9 Å². The molecule has 3 aliphatic heterocycles. The van der Waals surface area contributed by atoms with Crippen LogP contribution < -0.4 is 14.8 Å². The van der Waals surface area contributed by atoms with Crippen LogP contribution in [0.25, 0.3) is 0 Å². The second kappa shape index (κ2) is 5.52. The Morgan fingerprint density at radius 2 is 1.88 bits per heavy atom. The van der Waals surface area contributed by atoms with E-state index in [0.717, 1.165) is 5.56 Å². The van der Waals surface area contributed by atoms with Crippen LogP contribution in [0.4, 0.5) is 0 Å². The molecule has 1 aromatic carbocycles. The molecule has 0 unspecified atom stereocenters. The van der Waals surface area contributed by atoms with Gasteiger partial charge in [0.05, 0.1) is 24.2 Å². The zero-order chi connectivity index (χ0) is 16.8. The number of carbonyl (C=O) groups is 2. The molecule has 1 aromatic rings. The molecule has 5 atom stereocenters. The summed E-state index contributed by atoms with van der Waals surface area (Å²) in [5.41, 5.74) is 0.860. The third-order valence-electron chi connectivity index (χ3n) is 4.74. The van der Waals surface area contributed by atoms with Gasteiger partial charge < -0.3 is 24.6 Å². The van der Waals surface area contributed by atoms with E-state index in [1.165, 1.54) is 0 Å². The Kier molecular flexibility index (Phi) is 3.45. The van der Waals surface area contributed by atoms with E-state index in [0.29, 0.717) is 11.5 Å². The number of carboxylic acids is 1. The van der Waals surface area contributed by atoms with Crippen LogP contribution in [0.3, 0.4) is 0 Å². The first-order valence-corrected chi connectivity index (χ1v) is 7.81. The first-order valence-electron chi connectivity index (χ1n) is 7.81. The normalized spacial score (nSPS) is 30.4. The van der Waals surface area contributed by atoms with Gasteiger partial charge in [-0.1, -0.05) is 18.2 Å². The second-order valence-corrected chi connectivity index (χ2v) is 6.18. The molecule has 126 valence electrons. The molecule has 3 heterocycles. The molecule has 24 heavy (non-hydrogen) atoms. The first kappa shape index (κ1) is 15.0. The van der Waals surface area contributed by atoms with Gasteiger partial charge >= 0.3 is 5.97 Å². The standard InChI is InChI=1S/C17H17NO6/c1-8(9-2-3-10-13(6-9)23-7-22-10)18-16(19)14-11-4-5-12(24-11)15(14)17(20)21/h2-6,8,11-12,14-15H,7H2,1H3,(H,18,19)(H,20,21)/t8-,11-,12-,14-,15-/m0/s1. The van der Waals surface area contributed by atoms with Crippen molar-refractivity contribution in [2.24, 2.45) is 11.8 Å². The lowest BCUT2D eigenvalue weighted by Crippen LogP contribution is -2.43. The molecule has 0 saturated carbocycles. The summed E-state index contributed by atoms with van der Waals surface area (Å²) in [5.74, 6) is -1.57. The van der Waals surface area contributed by atoms with Gasteiger partial charge in [0, 0.05) is 0 Å². The molecule has 1 amide bonds. The molecule has 0 radical (unpaired) electrons. The largest absolute Gasteiger partial charge is 0.481 e. The highest BCUT2D eigenvalue weighted by atomic mass is 16.7. The minimum atomic E-state index is -1.01. The molecule has 1 fully saturated rings. The highest BCUT2D eigenvalue weighted by Gasteiger charge is 2.53. The maximum absolute atomic E-state index is 12.6. The van der Waals surface area contributed by atoms with Crippen LogP contribution in [0.15, 0.2) is 30.4 Å². The molecule has 2 bridgehead atoms. The minimum Gasteiger partial charge on any atom is -0.481 e. The van der Waals surface area contributed by atoms with Gasteiger partial charge in [0.15, 0.2) is 11.5 Å². The summed E-state index contributed by atoms with van der Waals surface area (Å²) in [4.78, 5) is 24.1. The number of benzene rings is 1. The van der Waals surface area contributed by atoms with Gasteiger partial charge in [0.25, 0.3) is 0 Å². The number of carboxylic acid groups (broad SMARTS) is 1. The fourth-order valence-corrected chi connectivity index (χ4v) is 3.49. The lowest BCUT2D eigenvalue weighted by Gasteiger charge is -2.23. The van der Waals surface area contributed by atoms with E-state index in [1.54, 1.807) is 18.2 Å². The number of ether oxygens (including phenoxy) is 3. The van der Waals surface area contributed by atoms with E-state index in [2.05, 4.69) is 5.32 Å². The van der Waals surface area contributed by atoms with Gasteiger partial charge in [0.1, 0.15) is 5.92 Å². The van der Waals surface area contributed by atoms with Crippen molar-refractivity contribution in [1.29, 1.82) is 0 Å². The SMILES string of the molecule is C[C@H](NC(=O)[C@@H]1[C@@H](C(=O)O)[C@@H]2C=C[C@@H]1O2)c1ccc2c(c1)OCO2. The summed E-state index contributed by atoms with van der Waals surface area (Å²) in [5, 5.41) is 12.3. The fourth-order valence-electron chi connectivity index (χ4n) is 3.49. The molecule has 1 saturated heterocycles. The van der Waals surface area contributed by atoms with E-state index in [4.69, 9.17) is 14.2 Å². The number of hydrogen-bond acceptors (Lipinski definition) is 5. The van der Waals surface area contributed by atoms with Crippen LogP contribution in [-0.2, 0) is 14.3 Å². The zero-order valence-electron chi connectivity index (χ0n) is 13.0. The number of aliphatic carboxylic acids is 1. The number of fused-ring (bicyclic) bond motifs is 3. The van der Waals surface area contributed by atoms with Crippen LogP contribution in [0.5, 0.6) is 11.5 Å². The van der Waals surface area contributed by atoms with Crippen molar-refractivity contribution >= 4 is 11.9 Å². The molecule has 7 heteroatoms. The van der Waals surface area contributed by atoms with E-state index in [-0.39, 0.29) is 18.7 Å². The Labute approximate surface area is 138 Å². The molecule has 0 aromatic heterocycles. The Morgan fingerprint density at radius 1 is 1.17 bits per heavy atom. The minimum absolute atomic E-state index is 0.189. The van der Waals surface area contributed by atoms with Crippen molar-refractivity contribution in [2.75, 3.05) is 6.79 Å². The Hall–Kier alpha value is -2.54. The average Bonchev–Trinajstić information content (AvgIpc) is 3.28. The maximum atomic E-state index is 12.6. The summed E-state index contributed by atoms with van der Waals surface area (Å²) in [6.45, 7) is 2.03. The van der Waals surface area contributed by atoms with Crippen LogP contribution in [0, 0.1) is 11.8 Å². The van der Waals surface area contributed by atoms with Crippen molar-refractivity contribution < 1.29 is 28.9 Å². The van der Waals surface area contributed by atoms with E-state index in [9.17, 15) is 14.7 Å². The maximum Gasteiger partial charge on any atom is 0.310 e. The van der Waals surface area contributed by atoms with Crippen molar-refractivity contribution in [2.45, 2.75) is 25.2 Å². The number of rotatable bonds is 4. The van der Waals surface area contributed by atoms with Crippen LogP contribution in [0.1, 0.15) is 18.5 Å². The van der Waals surface area contributed by atoms with Crippen LogP contribution in [-0.4, -0.2) is 36.0 Å². The molecule has 0 spiro atoms. The highest BCUT2D eigenvalue weighted by molar-refractivity contribution is 5.87. The monoisotopic (exact) mass is 331 g/mol. The number of nitrogens with one attached hydrogen (secondary N) is 1. The summed E-state index contributed by atoms with van der Waals surface area (Å²) >= 11 is 0. The van der Waals surface area contributed by atoms with Gasteiger partial charge in [-0.15, -0.1) is 0 Å². The zero-order valence-corrected chi connectivity index (χ0v) is 13.0. The van der Waals surface area contributed by atoms with Crippen molar-refractivity contribution in [1.82, 2.24) is 5.32 Å². The van der Waals surface area contributed by atoms with Crippen molar-refractivity contribution in [3.8, 4) is 11.5 Å². The van der Waals surface area contributed by atoms with Crippen LogP contribution in [0.2, 0.25) is 0 Å². The van der Waals surface area contributed by atoms with Gasteiger partial charge in [-0.25, -0.2) is 0 Å². The summed E-state index contributed by atoms with van der Waals surface area (Å²) in [7, 11) is 0. The predicted molar refractivity (Wildman–Crippen MR) is 81.5 cm³/mol. The molecular weight excluding hydrogens is 314 g/mol. The van der Waals surface area contributed by atoms with E-state index >= 15 is 0 Å². The Morgan fingerprint density at radius 3 is 2.62 bits per heavy atom. The molecule has 4 rings (SSSR count). The van der Waals surface area contributed by atoms with E-state index < -0.39 is 30.0 Å². The molecule has 3 aliphatic rings. The number of hydrogen-bond donors (Lipinski definition) is 2. The summed E-state index contributed by atoms with van der Waals surface area (Å²) in [6.07, 6.45) is 2.48. The smallest absolute Gasteiger partial charge is 0.310 e. The summed E-state index contributed by atoms with van der Waals surface area (Å²) in [6, 6.07) is 5.18. The Bertz CT molecular complexity index is 730. The van der Waals surface area contributed by atoms with Gasteiger partial charge in [-0.3, -0.25) is 9.59 Å².